The molecule has 3 aliphatic rings. The number of nitrogens with zero attached hydrogens (tertiary/aromatic N) is 1. The zero-order chi connectivity index (χ0) is 36.0. The number of fused-ring (bicyclic) bond motifs is 12. The molecule has 256 valence electrons. The minimum Gasteiger partial charge on any atom is -0.457 e. The molecule has 0 saturated heterocycles. The molecule has 0 fully saturated rings. The molecule has 1 aliphatic heterocycles. The minimum absolute atomic E-state index is 0.101. The maximum Gasteiger partial charge on any atom is 0.132 e. The van der Waals surface area contributed by atoms with E-state index in [1.54, 1.807) is 0 Å². The molecule has 8 aromatic rings. The first-order chi connectivity index (χ1) is 26.5. The van der Waals surface area contributed by atoms with Crippen molar-refractivity contribution in [1.82, 2.24) is 0 Å². The van der Waals surface area contributed by atoms with Crippen molar-refractivity contribution in [1.29, 1.82) is 0 Å². The van der Waals surface area contributed by atoms with E-state index in [-0.39, 0.29) is 5.41 Å². The summed E-state index contributed by atoms with van der Waals surface area (Å²) >= 11 is 0. The molecule has 1 atom stereocenters. The maximum atomic E-state index is 6.73. The van der Waals surface area contributed by atoms with Crippen molar-refractivity contribution >= 4 is 17.1 Å². The first kappa shape index (κ1) is 30.9. The Morgan fingerprint density at radius 3 is 1.72 bits per heavy atom. The number of ether oxygens (including phenoxy) is 1. The van der Waals surface area contributed by atoms with Crippen molar-refractivity contribution in [3.63, 3.8) is 0 Å². The number of hydrogen-bond donors (Lipinski definition) is 0. The molecule has 2 nitrogen and oxygen atoms in total. The molecule has 54 heavy (non-hydrogen) atoms. The number of hydrogen-bond acceptors (Lipinski definition) is 2. The van der Waals surface area contributed by atoms with Crippen LogP contribution in [0.25, 0.3) is 33.4 Å². The second-order valence-electron chi connectivity index (χ2n) is 15.3. The fourth-order valence-electron chi connectivity index (χ4n) is 9.70. The molecular formula is C52H37NO. The molecule has 11 rings (SSSR count). The van der Waals surface area contributed by atoms with Gasteiger partial charge in [0, 0.05) is 33.6 Å². The van der Waals surface area contributed by atoms with Gasteiger partial charge in [-0.1, -0.05) is 147 Å². The maximum absolute atomic E-state index is 6.73. The van der Waals surface area contributed by atoms with Crippen LogP contribution >= 0.6 is 0 Å². The molecule has 0 N–H and O–H groups in total. The van der Waals surface area contributed by atoms with Gasteiger partial charge in [0.05, 0.1) is 5.41 Å². The third-order valence-electron chi connectivity index (χ3n) is 12.1. The van der Waals surface area contributed by atoms with Crippen molar-refractivity contribution in [3.8, 4) is 44.9 Å². The van der Waals surface area contributed by atoms with Gasteiger partial charge < -0.3 is 9.64 Å². The lowest BCUT2D eigenvalue weighted by molar-refractivity contribution is 0.436. The van der Waals surface area contributed by atoms with Crippen LogP contribution in [0.2, 0.25) is 0 Å². The van der Waals surface area contributed by atoms with Crippen molar-refractivity contribution in [2.24, 2.45) is 0 Å². The topological polar surface area (TPSA) is 12.5 Å². The average molecular weight is 692 g/mol. The summed E-state index contributed by atoms with van der Waals surface area (Å²) in [7, 11) is 0. The van der Waals surface area contributed by atoms with Crippen LogP contribution < -0.4 is 9.64 Å². The first-order valence-electron chi connectivity index (χ1n) is 18.8. The highest BCUT2D eigenvalue weighted by Gasteiger charge is 2.51. The van der Waals surface area contributed by atoms with Gasteiger partial charge in [0.2, 0.25) is 0 Å². The van der Waals surface area contributed by atoms with Crippen LogP contribution in [0, 0.1) is 0 Å². The lowest BCUT2D eigenvalue weighted by Crippen LogP contribution is -2.32. The van der Waals surface area contributed by atoms with Gasteiger partial charge in [0.1, 0.15) is 11.5 Å². The summed E-state index contributed by atoms with van der Waals surface area (Å²) in [6.07, 6.45) is 0. The van der Waals surface area contributed by atoms with Crippen LogP contribution in [0.5, 0.6) is 11.5 Å². The van der Waals surface area contributed by atoms with E-state index in [4.69, 9.17) is 4.74 Å². The zero-order valence-corrected chi connectivity index (χ0v) is 30.3. The summed E-state index contributed by atoms with van der Waals surface area (Å²) < 4.78 is 6.73. The highest BCUT2D eigenvalue weighted by Crippen LogP contribution is 2.63. The summed E-state index contributed by atoms with van der Waals surface area (Å²) in [5, 5.41) is 0. The fourth-order valence-corrected chi connectivity index (χ4v) is 9.70. The van der Waals surface area contributed by atoms with Crippen molar-refractivity contribution in [2.75, 3.05) is 4.90 Å². The van der Waals surface area contributed by atoms with E-state index < -0.39 is 5.41 Å². The number of benzene rings is 8. The number of rotatable bonds is 4. The second kappa shape index (κ2) is 11.4. The number of para-hydroxylation sites is 2. The molecule has 1 unspecified atom stereocenters. The smallest absolute Gasteiger partial charge is 0.132 e. The quantitative estimate of drug-likeness (QED) is 0.182. The highest BCUT2D eigenvalue weighted by atomic mass is 16.5. The Kier molecular flexibility index (Phi) is 6.55. The summed E-state index contributed by atoms with van der Waals surface area (Å²) in [5.74, 6) is 1.80. The summed E-state index contributed by atoms with van der Waals surface area (Å²) in [6, 6.07) is 68.8. The Bertz CT molecular complexity index is 2780. The molecule has 1 heterocycles. The molecule has 0 aromatic heterocycles. The SMILES string of the molecule is CC1(C)c2ccccc2-c2ccc(N(c3ccccc3)c3ccc4c(c3)-c3ccccc3C43c4ccccc4Oc4ccc(-c5ccccc5)cc43)cc21. The van der Waals surface area contributed by atoms with E-state index in [2.05, 4.69) is 207 Å². The van der Waals surface area contributed by atoms with Crippen LogP contribution in [0.3, 0.4) is 0 Å². The summed E-state index contributed by atoms with van der Waals surface area (Å²) in [4.78, 5) is 2.42. The molecule has 2 heteroatoms. The average Bonchev–Trinajstić information content (AvgIpc) is 3.64. The Labute approximate surface area is 316 Å². The molecule has 1 spiro atoms. The van der Waals surface area contributed by atoms with Gasteiger partial charge in [-0.05, 0) is 110 Å². The van der Waals surface area contributed by atoms with Crippen LogP contribution in [0.4, 0.5) is 17.1 Å². The van der Waals surface area contributed by atoms with Gasteiger partial charge in [-0.15, -0.1) is 0 Å². The monoisotopic (exact) mass is 691 g/mol. The van der Waals surface area contributed by atoms with Gasteiger partial charge in [0.25, 0.3) is 0 Å². The fraction of sp³-hybridized carbons (Fsp3) is 0.0769. The molecular weight excluding hydrogens is 655 g/mol. The summed E-state index contributed by atoms with van der Waals surface area (Å²) in [5.41, 5.74) is 17.9. The van der Waals surface area contributed by atoms with Crippen molar-refractivity contribution < 1.29 is 4.74 Å². The second-order valence-corrected chi connectivity index (χ2v) is 15.3. The Morgan fingerprint density at radius 1 is 0.352 bits per heavy atom. The first-order valence-corrected chi connectivity index (χ1v) is 18.8. The van der Waals surface area contributed by atoms with Gasteiger partial charge >= 0.3 is 0 Å². The largest absolute Gasteiger partial charge is 0.457 e. The predicted molar refractivity (Wildman–Crippen MR) is 222 cm³/mol. The summed E-state index contributed by atoms with van der Waals surface area (Å²) in [6.45, 7) is 4.71. The highest BCUT2D eigenvalue weighted by molar-refractivity contribution is 5.93. The minimum atomic E-state index is -0.555. The van der Waals surface area contributed by atoms with E-state index in [1.165, 1.54) is 66.8 Å². The Balaban J connectivity index is 1.15. The zero-order valence-electron chi connectivity index (χ0n) is 30.3. The Hall–Kier alpha value is -6.64. The molecule has 8 aromatic carbocycles. The lowest BCUT2D eigenvalue weighted by Gasteiger charge is -2.39. The van der Waals surface area contributed by atoms with E-state index in [1.807, 2.05) is 0 Å². The van der Waals surface area contributed by atoms with Gasteiger partial charge in [-0.25, -0.2) is 0 Å². The van der Waals surface area contributed by atoms with Crippen molar-refractivity contribution in [2.45, 2.75) is 24.7 Å². The standard InChI is InChI=1S/C52H37NO/c1-51(2)43-21-11-9-19-39(43)41-28-26-38(33-47(41)51)53(36-17-7-4-8-18-36)37-27-29-45-42(32-37)40-20-10-12-22-44(40)52(45)46-23-13-14-24-49(46)54-50-30-25-35(31-48(50)52)34-15-5-3-6-16-34/h3-33H,1-2H3. The third-order valence-corrected chi connectivity index (χ3v) is 12.1. The molecule has 2 aliphatic carbocycles. The van der Waals surface area contributed by atoms with Gasteiger partial charge in [-0.2, -0.15) is 0 Å². The van der Waals surface area contributed by atoms with Crippen LogP contribution in [-0.4, -0.2) is 0 Å². The molecule has 0 radical (unpaired) electrons. The molecule has 0 amide bonds. The Morgan fingerprint density at radius 2 is 0.926 bits per heavy atom. The van der Waals surface area contributed by atoms with E-state index in [0.717, 1.165) is 28.6 Å². The lowest BCUT2D eigenvalue weighted by atomic mass is 9.65. The van der Waals surface area contributed by atoms with Crippen molar-refractivity contribution in [3.05, 3.63) is 221 Å². The van der Waals surface area contributed by atoms with Crippen LogP contribution in [0.15, 0.2) is 188 Å². The van der Waals surface area contributed by atoms with E-state index in [0.29, 0.717) is 0 Å². The number of anilines is 3. The van der Waals surface area contributed by atoms with Crippen LogP contribution in [0.1, 0.15) is 47.2 Å². The predicted octanol–water partition coefficient (Wildman–Crippen LogP) is 13.6. The molecule has 0 saturated carbocycles. The van der Waals surface area contributed by atoms with Gasteiger partial charge in [0.15, 0.2) is 0 Å². The third kappa shape index (κ3) is 4.22. The molecule has 0 bridgehead atoms. The van der Waals surface area contributed by atoms with E-state index >= 15 is 0 Å². The van der Waals surface area contributed by atoms with Gasteiger partial charge in [-0.3, -0.25) is 0 Å². The normalized spacial score (nSPS) is 16.3. The van der Waals surface area contributed by atoms with Crippen LogP contribution in [-0.2, 0) is 10.8 Å². The van der Waals surface area contributed by atoms with E-state index in [9.17, 15) is 0 Å².